The molecule has 4 heteroatoms. The van der Waals surface area contributed by atoms with Gasteiger partial charge in [-0.15, -0.1) is 11.3 Å². The molecule has 13 rings (SSSR count). The number of aromatic nitrogens is 1. The van der Waals surface area contributed by atoms with Crippen LogP contribution >= 0.6 is 11.3 Å². The highest BCUT2D eigenvalue weighted by Crippen LogP contribution is 2.50. The number of allylic oxidation sites excluding steroid dienone is 2. The molecule has 2 unspecified atom stereocenters. The van der Waals surface area contributed by atoms with E-state index in [0.29, 0.717) is 5.92 Å². The molecule has 272 valence electrons. The number of anilines is 2. The van der Waals surface area contributed by atoms with Crippen LogP contribution in [-0.2, 0) is 0 Å². The predicted molar refractivity (Wildman–Crippen MR) is 245 cm³/mol. The number of para-hydroxylation sites is 4. The molecule has 2 atom stereocenters. The largest absolute Gasteiger partial charge is 0.456 e. The molecule has 8 aromatic carbocycles. The highest BCUT2D eigenvalue weighted by Gasteiger charge is 2.38. The van der Waals surface area contributed by atoms with E-state index in [9.17, 15) is 0 Å². The lowest BCUT2D eigenvalue weighted by molar-refractivity contribution is 0.669. The normalized spacial score (nSPS) is 16.3. The summed E-state index contributed by atoms with van der Waals surface area (Å²) in [6.07, 6.45) is 7.25. The summed E-state index contributed by atoms with van der Waals surface area (Å²) in [5.41, 5.74) is 14.1. The first kappa shape index (κ1) is 32.0. The third kappa shape index (κ3) is 4.61. The Balaban J connectivity index is 1.02. The molecule has 4 heterocycles. The van der Waals surface area contributed by atoms with E-state index in [1.54, 1.807) is 0 Å². The summed E-state index contributed by atoms with van der Waals surface area (Å²) in [5.74, 6) is 0.292. The lowest BCUT2D eigenvalue weighted by atomic mass is 9.86. The molecule has 11 aromatic rings. The summed E-state index contributed by atoms with van der Waals surface area (Å²) in [6, 6.07) is 64.5. The predicted octanol–water partition coefficient (Wildman–Crippen LogP) is 15.0. The molecular weight excluding hydrogens is 725 g/mol. The van der Waals surface area contributed by atoms with Gasteiger partial charge in [0.15, 0.2) is 0 Å². The fourth-order valence-corrected chi connectivity index (χ4v) is 11.1. The second-order valence-corrected chi connectivity index (χ2v) is 16.7. The summed E-state index contributed by atoms with van der Waals surface area (Å²) >= 11 is 1.88. The maximum atomic E-state index is 6.27. The van der Waals surface area contributed by atoms with Gasteiger partial charge in [0.25, 0.3) is 0 Å². The van der Waals surface area contributed by atoms with Gasteiger partial charge in [0.2, 0.25) is 0 Å². The Morgan fingerprint density at radius 3 is 2.17 bits per heavy atom. The first-order valence-electron chi connectivity index (χ1n) is 20.0. The van der Waals surface area contributed by atoms with Gasteiger partial charge in [0.1, 0.15) is 11.2 Å². The van der Waals surface area contributed by atoms with Gasteiger partial charge in [0, 0.05) is 70.3 Å². The molecule has 0 saturated carbocycles. The van der Waals surface area contributed by atoms with Crippen LogP contribution in [0, 0.1) is 0 Å². The second kappa shape index (κ2) is 12.2. The number of rotatable bonds is 4. The van der Waals surface area contributed by atoms with Crippen molar-refractivity contribution in [2.45, 2.75) is 12.0 Å². The fourth-order valence-electron chi connectivity index (χ4n) is 9.91. The molecule has 3 nitrogen and oxygen atoms in total. The highest BCUT2D eigenvalue weighted by molar-refractivity contribution is 7.26. The minimum absolute atomic E-state index is 0.183. The van der Waals surface area contributed by atoms with Crippen LogP contribution in [0.4, 0.5) is 11.4 Å². The molecule has 58 heavy (non-hydrogen) atoms. The lowest BCUT2D eigenvalue weighted by Crippen LogP contribution is -2.29. The van der Waals surface area contributed by atoms with Gasteiger partial charge in [-0.05, 0) is 89.0 Å². The van der Waals surface area contributed by atoms with E-state index in [4.69, 9.17) is 4.42 Å². The first-order chi connectivity index (χ1) is 28.7. The van der Waals surface area contributed by atoms with Crippen molar-refractivity contribution in [2.75, 3.05) is 4.90 Å². The molecule has 3 aromatic heterocycles. The van der Waals surface area contributed by atoms with Crippen LogP contribution in [0.2, 0.25) is 0 Å². The Morgan fingerprint density at radius 1 is 0.500 bits per heavy atom. The maximum absolute atomic E-state index is 6.27. The van der Waals surface area contributed by atoms with E-state index in [-0.39, 0.29) is 6.04 Å². The molecule has 0 saturated heterocycles. The number of hydrogen-bond acceptors (Lipinski definition) is 3. The average Bonchev–Trinajstić information content (AvgIpc) is 4.03. The van der Waals surface area contributed by atoms with Crippen LogP contribution in [0.1, 0.15) is 17.0 Å². The molecule has 0 fully saturated rings. The van der Waals surface area contributed by atoms with Crippen molar-refractivity contribution in [3.05, 3.63) is 205 Å². The number of hydrogen-bond donors (Lipinski definition) is 0. The van der Waals surface area contributed by atoms with Gasteiger partial charge in [0.05, 0.1) is 17.1 Å². The van der Waals surface area contributed by atoms with Crippen LogP contribution in [0.25, 0.3) is 86.3 Å². The van der Waals surface area contributed by atoms with Crippen molar-refractivity contribution in [1.82, 2.24) is 4.57 Å². The topological polar surface area (TPSA) is 21.3 Å². The monoisotopic (exact) mass is 758 g/mol. The SMILES string of the molecule is C1=CC2c3ccccc3N(c3ccccc3)C2C=C1c1ccc2c3ccccc3n(-c3cc(-c4ccc5oc6ccccc6c5c4)c4sc5ccccc5c4c3)c2c1. The number of benzene rings is 8. The van der Waals surface area contributed by atoms with Gasteiger partial charge in [-0.3, -0.25) is 0 Å². The third-order valence-electron chi connectivity index (χ3n) is 12.5. The third-order valence-corrected chi connectivity index (χ3v) is 13.7. The molecule has 2 aliphatic rings. The first-order valence-corrected chi connectivity index (χ1v) is 20.8. The van der Waals surface area contributed by atoms with Gasteiger partial charge < -0.3 is 13.9 Å². The van der Waals surface area contributed by atoms with E-state index in [0.717, 1.165) is 27.6 Å². The molecule has 0 amide bonds. The van der Waals surface area contributed by atoms with Gasteiger partial charge in [-0.2, -0.15) is 0 Å². The lowest BCUT2D eigenvalue weighted by Gasteiger charge is -2.30. The van der Waals surface area contributed by atoms with E-state index in [2.05, 4.69) is 198 Å². The van der Waals surface area contributed by atoms with Crippen LogP contribution in [0.3, 0.4) is 0 Å². The smallest absolute Gasteiger partial charge is 0.135 e. The molecule has 0 radical (unpaired) electrons. The van der Waals surface area contributed by atoms with Crippen molar-refractivity contribution in [3.63, 3.8) is 0 Å². The summed E-state index contributed by atoms with van der Waals surface area (Å²) in [7, 11) is 0. The zero-order valence-corrected chi connectivity index (χ0v) is 32.2. The number of furan rings is 1. The standard InChI is InChI=1S/C54H34N2OS/c1-2-12-36(13-3-1)55-47-18-8-4-14-38(47)40-25-22-33(29-49(40)55)34-23-26-41-39-15-5-9-19-48(39)56(50(41)30-34)37-31-44(54-46(32-37)43-17-7-11-21-53(43)58-54)35-24-27-52-45(28-35)42-16-6-10-20-51(42)57-52/h1-32,40,49H. The summed E-state index contributed by atoms with van der Waals surface area (Å²) in [5, 5.41) is 7.35. The molecular formula is C54H34N2OS. The molecule has 1 aliphatic heterocycles. The minimum Gasteiger partial charge on any atom is -0.456 e. The van der Waals surface area contributed by atoms with E-state index in [1.807, 2.05) is 17.4 Å². The second-order valence-electron chi connectivity index (χ2n) is 15.6. The Kier molecular flexibility index (Phi) is 6.72. The summed E-state index contributed by atoms with van der Waals surface area (Å²) in [4.78, 5) is 2.52. The minimum atomic E-state index is 0.183. The van der Waals surface area contributed by atoms with Gasteiger partial charge in [-0.25, -0.2) is 0 Å². The van der Waals surface area contributed by atoms with Crippen molar-refractivity contribution in [3.8, 4) is 16.8 Å². The van der Waals surface area contributed by atoms with Crippen LogP contribution < -0.4 is 4.90 Å². The highest BCUT2D eigenvalue weighted by atomic mass is 32.1. The molecule has 0 spiro atoms. The zero-order valence-electron chi connectivity index (χ0n) is 31.3. The Labute approximate surface area is 338 Å². The van der Waals surface area contributed by atoms with Crippen LogP contribution in [0.5, 0.6) is 0 Å². The van der Waals surface area contributed by atoms with Crippen molar-refractivity contribution < 1.29 is 4.42 Å². The zero-order chi connectivity index (χ0) is 37.9. The number of nitrogens with zero attached hydrogens (tertiary/aromatic N) is 2. The van der Waals surface area contributed by atoms with Gasteiger partial charge in [-0.1, -0.05) is 127 Å². The van der Waals surface area contributed by atoms with E-state index >= 15 is 0 Å². The number of thiophene rings is 1. The molecule has 1 aliphatic carbocycles. The maximum Gasteiger partial charge on any atom is 0.135 e. The van der Waals surface area contributed by atoms with Gasteiger partial charge >= 0.3 is 0 Å². The Hall–Kier alpha value is -7.14. The fraction of sp³-hybridized carbons (Fsp3) is 0.0370. The van der Waals surface area contributed by atoms with Crippen molar-refractivity contribution in [1.29, 1.82) is 0 Å². The van der Waals surface area contributed by atoms with Crippen LogP contribution in [-0.4, -0.2) is 10.6 Å². The van der Waals surface area contributed by atoms with Crippen LogP contribution in [0.15, 0.2) is 199 Å². The Morgan fingerprint density at radius 2 is 1.24 bits per heavy atom. The van der Waals surface area contributed by atoms with Crippen molar-refractivity contribution in [2.24, 2.45) is 0 Å². The van der Waals surface area contributed by atoms with E-state index in [1.165, 1.54) is 81.2 Å². The molecule has 0 N–H and O–H groups in total. The quantitative estimate of drug-likeness (QED) is 0.178. The molecule has 0 bridgehead atoms. The number of fused-ring (bicyclic) bond motifs is 12. The Bertz CT molecular complexity index is 3540. The summed E-state index contributed by atoms with van der Waals surface area (Å²) in [6.45, 7) is 0. The van der Waals surface area contributed by atoms with E-state index < -0.39 is 0 Å². The van der Waals surface area contributed by atoms with Crippen molar-refractivity contribution >= 4 is 92.2 Å². The summed E-state index contributed by atoms with van der Waals surface area (Å²) < 4.78 is 11.4. The average molecular weight is 759 g/mol.